The Balaban J connectivity index is 2.06. The van der Waals surface area contributed by atoms with Crippen LogP contribution in [0, 0.1) is 5.92 Å². The highest BCUT2D eigenvalue weighted by atomic mass is 79.9. The minimum absolute atomic E-state index is 0.844. The van der Waals surface area contributed by atoms with Crippen LogP contribution in [0.15, 0.2) is 22.7 Å². The molecule has 0 amide bonds. The Hall–Kier alpha value is -0.340. The minimum atomic E-state index is 0.844. The molecule has 1 aliphatic carbocycles. The van der Waals surface area contributed by atoms with E-state index in [4.69, 9.17) is 0 Å². The van der Waals surface area contributed by atoms with Gasteiger partial charge in [0.1, 0.15) is 0 Å². The monoisotopic (exact) mass is 253 g/mol. The van der Waals surface area contributed by atoms with Crippen LogP contribution in [0.4, 0.5) is 0 Å². The van der Waals surface area contributed by atoms with E-state index in [1.807, 2.05) is 7.05 Å². The fourth-order valence-corrected chi connectivity index (χ4v) is 2.82. The lowest BCUT2D eigenvalue weighted by Gasteiger charge is -2.07. The average Bonchev–Trinajstić information content (AvgIpc) is 2.59. The number of hydrogen-bond donors (Lipinski definition) is 1. The van der Waals surface area contributed by atoms with Crippen molar-refractivity contribution in [2.45, 2.75) is 19.3 Å². The van der Waals surface area contributed by atoms with Crippen molar-refractivity contribution in [3.05, 3.63) is 33.8 Å². The number of hydrogen-bond acceptors (Lipinski definition) is 1. The summed E-state index contributed by atoms with van der Waals surface area (Å²) in [5.74, 6) is 0.844. The molecule has 1 aromatic carbocycles. The van der Waals surface area contributed by atoms with E-state index in [1.54, 1.807) is 5.56 Å². The Morgan fingerprint density at radius 2 is 2.29 bits per heavy atom. The summed E-state index contributed by atoms with van der Waals surface area (Å²) >= 11 is 3.63. The van der Waals surface area contributed by atoms with E-state index in [-0.39, 0.29) is 0 Å². The van der Waals surface area contributed by atoms with E-state index < -0.39 is 0 Å². The maximum Gasteiger partial charge on any atom is 0.0210 e. The summed E-state index contributed by atoms with van der Waals surface area (Å²) < 4.78 is 1.29. The van der Waals surface area contributed by atoms with Gasteiger partial charge < -0.3 is 5.32 Å². The van der Waals surface area contributed by atoms with Crippen LogP contribution in [0.25, 0.3) is 0 Å². The SMILES string of the molecule is CNCCC1Cc2cccc(Br)c2C1. The van der Waals surface area contributed by atoms with Crippen LogP contribution in [0.2, 0.25) is 0 Å². The molecule has 0 fully saturated rings. The zero-order valence-corrected chi connectivity index (χ0v) is 10.1. The average molecular weight is 254 g/mol. The molecule has 2 rings (SSSR count). The van der Waals surface area contributed by atoms with Gasteiger partial charge in [-0.1, -0.05) is 28.1 Å². The molecule has 0 spiro atoms. The normalized spacial score (nSPS) is 19.7. The highest BCUT2D eigenvalue weighted by molar-refractivity contribution is 9.10. The van der Waals surface area contributed by atoms with E-state index in [1.165, 1.54) is 29.3 Å². The van der Waals surface area contributed by atoms with Crippen molar-refractivity contribution in [2.24, 2.45) is 5.92 Å². The summed E-state index contributed by atoms with van der Waals surface area (Å²) in [4.78, 5) is 0. The van der Waals surface area contributed by atoms with Crippen LogP contribution < -0.4 is 5.32 Å². The molecule has 0 heterocycles. The van der Waals surface area contributed by atoms with Gasteiger partial charge in [-0.15, -0.1) is 0 Å². The van der Waals surface area contributed by atoms with Gasteiger partial charge in [0.25, 0.3) is 0 Å². The second-order valence-corrected chi connectivity index (χ2v) is 4.90. The molecule has 76 valence electrons. The Labute approximate surface area is 94.0 Å². The van der Waals surface area contributed by atoms with Crippen LogP contribution in [-0.2, 0) is 12.8 Å². The van der Waals surface area contributed by atoms with Crippen LogP contribution in [0.1, 0.15) is 17.5 Å². The predicted molar refractivity (Wildman–Crippen MR) is 63.6 cm³/mol. The quantitative estimate of drug-likeness (QED) is 0.874. The number of halogens is 1. The minimum Gasteiger partial charge on any atom is -0.320 e. The molecular weight excluding hydrogens is 238 g/mol. The zero-order valence-electron chi connectivity index (χ0n) is 8.52. The molecule has 0 saturated heterocycles. The third-order valence-electron chi connectivity index (χ3n) is 3.02. The first kappa shape index (κ1) is 10.2. The maximum absolute atomic E-state index is 3.63. The van der Waals surface area contributed by atoms with Gasteiger partial charge in [0.15, 0.2) is 0 Å². The summed E-state index contributed by atoms with van der Waals surface area (Å²) in [6.45, 7) is 1.14. The van der Waals surface area contributed by atoms with Gasteiger partial charge in [0, 0.05) is 4.47 Å². The number of fused-ring (bicyclic) bond motifs is 1. The molecule has 2 heteroatoms. The van der Waals surface area contributed by atoms with Crippen molar-refractivity contribution in [3.63, 3.8) is 0 Å². The molecule has 1 atom stereocenters. The zero-order chi connectivity index (χ0) is 9.97. The van der Waals surface area contributed by atoms with Gasteiger partial charge in [-0.05, 0) is 56.0 Å². The summed E-state index contributed by atoms with van der Waals surface area (Å²) in [6, 6.07) is 6.56. The second kappa shape index (κ2) is 4.45. The molecule has 0 saturated carbocycles. The predicted octanol–water partition coefficient (Wildman–Crippen LogP) is 2.77. The molecule has 1 N–H and O–H groups in total. The number of benzene rings is 1. The summed E-state index contributed by atoms with van der Waals surface area (Å²) in [6.07, 6.45) is 3.80. The number of nitrogens with one attached hydrogen (secondary N) is 1. The van der Waals surface area contributed by atoms with Gasteiger partial charge in [-0.25, -0.2) is 0 Å². The van der Waals surface area contributed by atoms with E-state index in [0.717, 1.165) is 12.5 Å². The van der Waals surface area contributed by atoms with Gasteiger partial charge in [0.2, 0.25) is 0 Å². The van der Waals surface area contributed by atoms with Crippen LogP contribution in [0.5, 0.6) is 0 Å². The maximum atomic E-state index is 3.63. The fraction of sp³-hybridized carbons (Fsp3) is 0.500. The molecule has 14 heavy (non-hydrogen) atoms. The summed E-state index contributed by atoms with van der Waals surface area (Å²) in [5, 5.41) is 3.22. The highest BCUT2D eigenvalue weighted by Gasteiger charge is 2.22. The molecular formula is C12H16BrN. The molecule has 0 bridgehead atoms. The Kier molecular flexibility index (Phi) is 3.24. The van der Waals surface area contributed by atoms with E-state index in [2.05, 4.69) is 39.4 Å². The smallest absolute Gasteiger partial charge is 0.0210 e. The van der Waals surface area contributed by atoms with Gasteiger partial charge >= 0.3 is 0 Å². The van der Waals surface area contributed by atoms with Crippen LogP contribution >= 0.6 is 15.9 Å². The lowest BCUT2D eigenvalue weighted by Crippen LogP contribution is -2.13. The third kappa shape index (κ3) is 2.01. The molecule has 1 nitrogen and oxygen atoms in total. The van der Waals surface area contributed by atoms with Crippen molar-refractivity contribution >= 4 is 15.9 Å². The Morgan fingerprint density at radius 1 is 1.43 bits per heavy atom. The number of rotatable bonds is 3. The highest BCUT2D eigenvalue weighted by Crippen LogP contribution is 2.33. The van der Waals surface area contributed by atoms with Crippen molar-refractivity contribution in [3.8, 4) is 0 Å². The van der Waals surface area contributed by atoms with Crippen molar-refractivity contribution in [1.82, 2.24) is 5.32 Å². The van der Waals surface area contributed by atoms with E-state index in [0.29, 0.717) is 0 Å². The molecule has 1 unspecified atom stereocenters. The standard InChI is InChI=1S/C12H16BrN/c1-14-6-5-9-7-10-3-2-4-12(13)11(10)8-9/h2-4,9,14H,5-8H2,1H3. The van der Waals surface area contributed by atoms with Crippen molar-refractivity contribution in [2.75, 3.05) is 13.6 Å². The lowest BCUT2D eigenvalue weighted by molar-refractivity contribution is 0.500. The van der Waals surface area contributed by atoms with Gasteiger partial charge in [0.05, 0.1) is 0 Å². The topological polar surface area (TPSA) is 12.0 Å². The van der Waals surface area contributed by atoms with Crippen molar-refractivity contribution < 1.29 is 0 Å². The third-order valence-corrected chi connectivity index (χ3v) is 3.76. The van der Waals surface area contributed by atoms with Crippen molar-refractivity contribution in [1.29, 1.82) is 0 Å². The van der Waals surface area contributed by atoms with E-state index >= 15 is 0 Å². The Bertz CT molecular complexity index is 322. The fourth-order valence-electron chi connectivity index (χ4n) is 2.25. The molecule has 1 aromatic rings. The summed E-state index contributed by atoms with van der Waals surface area (Å²) in [7, 11) is 2.03. The van der Waals surface area contributed by atoms with E-state index in [9.17, 15) is 0 Å². The molecule has 0 radical (unpaired) electrons. The van der Waals surface area contributed by atoms with Crippen LogP contribution in [-0.4, -0.2) is 13.6 Å². The molecule has 0 aromatic heterocycles. The first-order chi connectivity index (χ1) is 6.81. The van der Waals surface area contributed by atoms with Gasteiger partial charge in [-0.3, -0.25) is 0 Å². The summed E-state index contributed by atoms with van der Waals surface area (Å²) in [5.41, 5.74) is 3.08. The first-order valence-electron chi connectivity index (χ1n) is 5.22. The van der Waals surface area contributed by atoms with Crippen LogP contribution in [0.3, 0.4) is 0 Å². The molecule has 0 aliphatic heterocycles. The van der Waals surface area contributed by atoms with Gasteiger partial charge in [-0.2, -0.15) is 0 Å². The Morgan fingerprint density at radius 3 is 3.00 bits per heavy atom. The first-order valence-corrected chi connectivity index (χ1v) is 6.01. The second-order valence-electron chi connectivity index (χ2n) is 4.04. The lowest BCUT2D eigenvalue weighted by atomic mass is 10.0. The molecule has 1 aliphatic rings. The largest absolute Gasteiger partial charge is 0.320 e.